The molecule has 0 unspecified atom stereocenters. The smallest absolute Gasteiger partial charge is 0.227 e. The van der Waals surface area contributed by atoms with Crippen LogP contribution in [0.4, 0.5) is 11.8 Å². The first kappa shape index (κ1) is 14.6. The number of ether oxygens (including phenoxy) is 1. The van der Waals surface area contributed by atoms with Gasteiger partial charge in [-0.15, -0.1) is 0 Å². The highest BCUT2D eigenvalue weighted by atomic mass is 16.5. The summed E-state index contributed by atoms with van der Waals surface area (Å²) in [6.07, 6.45) is 1.30. The molecule has 0 saturated carbocycles. The van der Waals surface area contributed by atoms with Gasteiger partial charge in [0.15, 0.2) is 0 Å². The molecule has 0 aliphatic carbocycles. The summed E-state index contributed by atoms with van der Waals surface area (Å²) in [6, 6.07) is 2.09. The Bertz CT molecular complexity index is 477. The van der Waals surface area contributed by atoms with Gasteiger partial charge in [-0.1, -0.05) is 13.8 Å². The van der Waals surface area contributed by atoms with Gasteiger partial charge in [-0.05, 0) is 25.2 Å². The maximum atomic E-state index is 5.43. The van der Waals surface area contributed by atoms with Crippen LogP contribution in [-0.2, 0) is 4.74 Å². The van der Waals surface area contributed by atoms with Crippen molar-refractivity contribution in [3.63, 3.8) is 0 Å². The fourth-order valence-electron chi connectivity index (χ4n) is 3.46. The average Bonchev–Trinajstić information content (AvgIpc) is 2.46. The monoisotopic (exact) mass is 290 g/mol. The second-order valence-corrected chi connectivity index (χ2v) is 6.62. The van der Waals surface area contributed by atoms with Crippen molar-refractivity contribution in [3.8, 4) is 0 Å². The zero-order valence-corrected chi connectivity index (χ0v) is 13.4. The quantitative estimate of drug-likeness (QED) is 0.834. The number of nitrogens with zero attached hydrogens (tertiary/aromatic N) is 4. The first-order valence-corrected chi connectivity index (χ1v) is 8.05. The number of hydrogen-bond donors (Lipinski definition) is 0. The molecule has 5 nitrogen and oxygen atoms in total. The second-order valence-electron chi connectivity index (χ2n) is 6.62. The topological polar surface area (TPSA) is 41.5 Å². The van der Waals surface area contributed by atoms with Crippen molar-refractivity contribution >= 4 is 11.8 Å². The Labute approximate surface area is 127 Å². The van der Waals surface area contributed by atoms with Gasteiger partial charge < -0.3 is 14.5 Å². The van der Waals surface area contributed by atoms with Crippen LogP contribution >= 0.6 is 0 Å². The highest BCUT2D eigenvalue weighted by Gasteiger charge is 2.24. The van der Waals surface area contributed by atoms with Gasteiger partial charge >= 0.3 is 0 Å². The normalized spacial score (nSPS) is 27.0. The van der Waals surface area contributed by atoms with Crippen LogP contribution in [0.5, 0.6) is 0 Å². The summed E-state index contributed by atoms with van der Waals surface area (Å²) < 4.78 is 5.43. The Morgan fingerprint density at radius 1 is 1.05 bits per heavy atom. The van der Waals surface area contributed by atoms with Crippen molar-refractivity contribution < 1.29 is 4.74 Å². The predicted molar refractivity (Wildman–Crippen MR) is 85.0 cm³/mol. The van der Waals surface area contributed by atoms with Crippen molar-refractivity contribution in [1.82, 2.24) is 9.97 Å². The molecule has 3 rings (SSSR count). The van der Waals surface area contributed by atoms with E-state index in [0.717, 1.165) is 56.9 Å². The maximum Gasteiger partial charge on any atom is 0.227 e. The number of anilines is 2. The van der Waals surface area contributed by atoms with Crippen LogP contribution in [0, 0.1) is 18.8 Å². The van der Waals surface area contributed by atoms with E-state index in [9.17, 15) is 0 Å². The van der Waals surface area contributed by atoms with Gasteiger partial charge in [-0.2, -0.15) is 4.98 Å². The molecule has 2 atom stereocenters. The van der Waals surface area contributed by atoms with Crippen molar-refractivity contribution in [2.45, 2.75) is 27.2 Å². The average molecular weight is 290 g/mol. The summed E-state index contributed by atoms with van der Waals surface area (Å²) in [7, 11) is 0. The SMILES string of the molecule is Cc1cc(N2CCOCC2)nc(N2C[C@H](C)C[C@H](C)C2)n1. The molecular weight excluding hydrogens is 264 g/mol. The lowest BCUT2D eigenvalue weighted by Gasteiger charge is -2.36. The Balaban J connectivity index is 1.83. The lowest BCUT2D eigenvalue weighted by atomic mass is 9.92. The highest BCUT2D eigenvalue weighted by Crippen LogP contribution is 2.26. The highest BCUT2D eigenvalue weighted by molar-refractivity contribution is 5.46. The number of aromatic nitrogens is 2. The third kappa shape index (κ3) is 3.46. The molecule has 116 valence electrons. The summed E-state index contributed by atoms with van der Waals surface area (Å²) >= 11 is 0. The van der Waals surface area contributed by atoms with E-state index in [1.165, 1.54) is 6.42 Å². The van der Waals surface area contributed by atoms with Crippen LogP contribution < -0.4 is 9.80 Å². The van der Waals surface area contributed by atoms with Gasteiger partial charge in [0.2, 0.25) is 5.95 Å². The standard InChI is InChI=1S/C16H26N4O/c1-12-8-13(2)11-20(10-12)16-17-14(3)9-15(18-16)19-4-6-21-7-5-19/h9,12-13H,4-8,10-11H2,1-3H3/t12-,13+. The zero-order valence-electron chi connectivity index (χ0n) is 13.4. The minimum Gasteiger partial charge on any atom is -0.378 e. The van der Waals surface area contributed by atoms with Crippen molar-refractivity contribution in [2.24, 2.45) is 11.8 Å². The molecule has 0 aromatic carbocycles. The summed E-state index contributed by atoms with van der Waals surface area (Å²) in [5.74, 6) is 3.37. The fraction of sp³-hybridized carbons (Fsp3) is 0.750. The minimum absolute atomic E-state index is 0.713. The van der Waals surface area contributed by atoms with E-state index in [0.29, 0.717) is 11.8 Å². The lowest BCUT2D eigenvalue weighted by molar-refractivity contribution is 0.122. The van der Waals surface area contributed by atoms with Gasteiger partial charge in [0.25, 0.3) is 0 Å². The van der Waals surface area contributed by atoms with Crippen LogP contribution in [0.3, 0.4) is 0 Å². The molecule has 1 aromatic rings. The van der Waals surface area contributed by atoms with Crippen molar-refractivity contribution in [3.05, 3.63) is 11.8 Å². The molecule has 0 N–H and O–H groups in total. The molecular formula is C16H26N4O. The molecule has 3 heterocycles. The van der Waals surface area contributed by atoms with E-state index >= 15 is 0 Å². The first-order chi connectivity index (χ1) is 10.1. The molecule has 2 saturated heterocycles. The molecule has 0 spiro atoms. The van der Waals surface area contributed by atoms with Gasteiger partial charge in [-0.3, -0.25) is 0 Å². The Kier molecular flexibility index (Phi) is 4.29. The molecule has 2 fully saturated rings. The van der Waals surface area contributed by atoms with Crippen LogP contribution in [0.1, 0.15) is 26.0 Å². The van der Waals surface area contributed by atoms with E-state index in [4.69, 9.17) is 9.72 Å². The van der Waals surface area contributed by atoms with Gasteiger partial charge in [0, 0.05) is 37.9 Å². The number of aryl methyl sites for hydroxylation is 1. The Morgan fingerprint density at radius 2 is 1.71 bits per heavy atom. The van der Waals surface area contributed by atoms with Gasteiger partial charge in [-0.25, -0.2) is 4.98 Å². The molecule has 2 aliphatic rings. The first-order valence-electron chi connectivity index (χ1n) is 8.05. The predicted octanol–water partition coefficient (Wildman–Crippen LogP) is 2.10. The maximum absolute atomic E-state index is 5.43. The number of rotatable bonds is 2. The van der Waals surface area contributed by atoms with E-state index in [1.54, 1.807) is 0 Å². The zero-order chi connectivity index (χ0) is 14.8. The molecule has 5 heteroatoms. The molecule has 0 bridgehead atoms. The van der Waals surface area contributed by atoms with Crippen LogP contribution in [0.15, 0.2) is 6.07 Å². The molecule has 21 heavy (non-hydrogen) atoms. The molecule has 1 aromatic heterocycles. The second kappa shape index (κ2) is 6.18. The summed E-state index contributed by atoms with van der Waals surface area (Å²) in [4.78, 5) is 14.2. The number of hydrogen-bond acceptors (Lipinski definition) is 5. The lowest BCUT2D eigenvalue weighted by Crippen LogP contribution is -2.41. The fourth-order valence-corrected chi connectivity index (χ4v) is 3.46. The Hall–Kier alpha value is -1.36. The third-order valence-corrected chi connectivity index (χ3v) is 4.32. The molecule has 2 aliphatic heterocycles. The van der Waals surface area contributed by atoms with Gasteiger partial charge in [0.1, 0.15) is 5.82 Å². The Morgan fingerprint density at radius 3 is 2.38 bits per heavy atom. The van der Waals surface area contributed by atoms with E-state index in [2.05, 4.69) is 41.6 Å². The van der Waals surface area contributed by atoms with E-state index < -0.39 is 0 Å². The number of morpholine rings is 1. The molecule has 0 amide bonds. The van der Waals surface area contributed by atoms with Crippen molar-refractivity contribution in [1.29, 1.82) is 0 Å². The van der Waals surface area contributed by atoms with Crippen LogP contribution in [0.25, 0.3) is 0 Å². The van der Waals surface area contributed by atoms with Crippen LogP contribution in [0.2, 0.25) is 0 Å². The largest absolute Gasteiger partial charge is 0.378 e. The van der Waals surface area contributed by atoms with E-state index in [1.807, 2.05) is 0 Å². The summed E-state index contributed by atoms with van der Waals surface area (Å²) in [5, 5.41) is 0. The van der Waals surface area contributed by atoms with E-state index in [-0.39, 0.29) is 0 Å². The third-order valence-electron chi connectivity index (χ3n) is 4.32. The minimum atomic E-state index is 0.713. The van der Waals surface area contributed by atoms with Crippen molar-refractivity contribution in [2.75, 3.05) is 49.2 Å². The van der Waals surface area contributed by atoms with Gasteiger partial charge in [0.05, 0.1) is 13.2 Å². The number of piperidine rings is 1. The molecule has 0 radical (unpaired) electrons. The van der Waals surface area contributed by atoms with Crippen LogP contribution in [-0.4, -0.2) is 49.4 Å². The summed E-state index contributed by atoms with van der Waals surface area (Å²) in [5.41, 5.74) is 1.05. The summed E-state index contributed by atoms with van der Waals surface area (Å²) in [6.45, 7) is 12.2.